The Labute approximate surface area is 70.1 Å². The van der Waals surface area contributed by atoms with Gasteiger partial charge in [-0.15, -0.1) is 0 Å². The summed E-state index contributed by atoms with van der Waals surface area (Å²) in [5.74, 6) is 0. The average Bonchev–Trinajstić information content (AvgIpc) is 2.27. The first-order valence-corrected chi connectivity index (χ1v) is 4.71. The minimum absolute atomic E-state index is 1.20. The standard InChI is InChI=1S/C7H6NSSe/c10-7-8-5-3-1-2-4-6(5)9-7/h1-4,8,10H. The molecule has 10 heavy (non-hydrogen) atoms. The molecule has 51 valence electrons. The average molecular weight is 215 g/mol. The monoisotopic (exact) mass is 216 g/mol. The third kappa shape index (κ3) is 0.966. The summed E-state index contributed by atoms with van der Waals surface area (Å²) in [6.07, 6.45) is 0. The fourth-order valence-corrected chi connectivity index (χ4v) is 2.52. The zero-order valence-electron chi connectivity index (χ0n) is 5.16. The van der Waals surface area contributed by atoms with Crippen LogP contribution in [-0.2, 0) is 0 Å². The molecule has 0 saturated heterocycles. The third-order valence-electron chi connectivity index (χ3n) is 1.34. The van der Waals surface area contributed by atoms with Crippen LogP contribution in [0.2, 0.25) is 0 Å². The van der Waals surface area contributed by atoms with Gasteiger partial charge in [0.15, 0.2) is 0 Å². The van der Waals surface area contributed by atoms with Crippen LogP contribution in [0.25, 0.3) is 10.2 Å². The summed E-state index contributed by atoms with van der Waals surface area (Å²) < 4.78 is 2.52. The Bertz CT molecular complexity index is 365. The summed E-state index contributed by atoms with van der Waals surface area (Å²) in [5.41, 5.74) is 1.23. The molecule has 2 aromatic rings. The Morgan fingerprint density at radius 3 is 2.90 bits per heavy atom. The van der Waals surface area contributed by atoms with Crippen LogP contribution in [0.15, 0.2) is 24.3 Å². The number of para-hydroxylation sites is 1. The van der Waals surface area contributed by atoms with E-state index in [9.17, 15) is 0 Å². The Balaban J connectivity index is 3.01. The van der Waals surface area contributed by atoms with E-state index < -0.39 is 0 Å². The van der Waals surface area contributed by atoms with Crippen molar-refractivity contribution in [3.05, 3.63) is 27.8 Å². The first-order valence-electron chi connectivity index (χ1n) is 2.96. The van der Waals surface area contributed by atoms with Gasteiger partial charge in [-0.05, 0) is 0 Å². The summed E-state index contributed by atoms with van der Waals surface area (Å²) in [6, 6.07) is 8.30. The molecule has 0 atom stereocenters. The Kier molecular flexibility index (Phi) is 1.49. The second-order valence-corrected chi connectivity index (χ2v) is 4.68. The Morgan fingerprint density at radius 1 is 1.30 bits per heavy atom. The molecule has 1 heterocycles. The molecule has 1 aromatic heterocycles. The predicted octanol–water partition coefficient (Wildman–Crippen LogP) is 1.66. The third-order valence-corrected chi connectivity index (χ3v) is 3.02. The summed E-state index contributed by atoms with van der Waals surface area (Å²) >= 11 is 4.29. The number of aromatic nitrogens is 1. The number of fused-ring (bicyclic) bond motifs is 1. The summed E-state index contributed by atoms with van der Waals surface area (Å²) in [7, 11) is 0. The maximum atomic E-state index is 3.25. The van der Waals surface area contributed by atoms with Crippen molar-refractivity contribution in [2.45, 2.75) is 0 Å². The van der Waals surface area contributed by atoms with E-state index >= 15 is 0 Å². The molecular formula is C7H6NSSe. The SMILES string of the molecule is [SeH]=c1[nH]c2ccccc2s1. The number of hydrogen-bond acceptors (Lipinski definition) is 1. The Hall–Kier alpha value is -0.371. The van der Waals surface area contributed by atoms with Crippen LogP contribution in [0.5, 0.6) is 0 Å². The van der Waals surface area contributed by atoms with Crippen molar-refractivity contribution in [1.82, 2.24) is 4.98 Å². The van der Waals surface area contributed by atoms with Crippen LogP contribution in [0.4, 0.5) is 0 Å². The normalized spacial score (nSPS) is 10.4. The molecule has 0 saturated carbocycles. The summed E-state index contributed by atoms with van der Waals surface area (Å²) in [6.45, 7) is 0. The van der Waals surface area contributed by atoms with Crippen molar-refractivity contribution in [1.29, 1.82) is 0 Å². The first-order chi connectivity index (χ1) is 4.86. The van der Waals surface area contributed by atoms with Gasteiger partial charge in [0.1, 0.15) is 0 Å². The molecule has 0 aliphatic heterocycles. The molecule has 0 aliphatic carbocycles. The zero-order chi connectivity index (χ0) is 6.97. The number of benzene rings is 1. The van der Waals surface area contributed by atoms with E-state index in [1.807, 2.05) is 6.07 Å². The van der Waals surface area contributed by atoms with Crippen LogP contribution < -0.4 is 0 Å². The van der Waals surface area contributed by atoms with Gasteiger partial charge < -0.3 is 0 Å². The quantitative estimate of drug-likeness (QED) is 0.643. The van der Waals surface area contributed by atoms with Gasteiger partial charge in [0, 0.05) is 0 Å². The number of aromatic amines is 1. The van der Waals surface area contributed by atoms with Crippen molar-refractivity contribution in [2.75, 3.05) is 0 Å². The molecule has 2 rings (SSSR count). The molecule has 0 spiro atoms. The number of thiazole rings is 1. The molecule has 1 radical (unpaired) electrons. The van der Waals surface area contributed by atoms with Crippen molar-refractivity contribution < 1.29 is 0 Å². The molecule has 0 aliphatic rings. The van der Waals surface area contributed by atoms with Crippen LogP contribution in [0.1, 0.15) is 0 Å². The van der Waals surface area contributed by atoms with E-state index in [0.717, 1.165) is 0 Å². The molecule has 0 unspecified atom stereocenters. The molecule has 0 bridgehead atoms. The van der Waals surface area contributed by atoms with Crippen molar-refractivity contribution in [3.63, 3.8) is 0 Å². The Morgan fingerprint density at radius 2 is 2.10 bits per heavy atom. The van der Waals surface area contributed by atoms with Gasteiger partial charge in [-0.2, -0.15) is 0 Å². The molecule has 0 fully saturated rings. The maximum absolute atomic E-state index is 3.25. The fourth-order valence-electron chi connectivity index (χ4n) is 0.904. The second kappa shape index (κ2) is 2.35. The topological polar surface area (TPSA) is 15.8 Å². The molecule has 0 amide bonds. The van der Waals surface area contributed by atoms with E-state index in [-0.39, 0.29) is 0 Å². The number of rotatable bonds is 0. The summed E-state index contributed by atoms with van der Waals surface area (Å²) in [5, 5.41) is 0. The zero-order valence-corrected chi connectivity index (χ0v) is 7.86. The number of nitrogens with one attached hydrogen (secondary N) is 1. The summed E-state index contributed by atoms with van der Waals surface area (Å²) in [4.78, 5) is 3.25. The van der Waals surface area contributed by atoms with E-state index in [2.05, 4.69) is 38.8 Å². The van der Waals surface area contributed by atoms with E-state index in [1.54, 1.807) is 11.3 Å². The molecule has 1 nitrogen and oxygen atoms in total. The van der Waals surface area contributed by atoms with Gasteiger partial charge in [-0.3, -0.25) is 0 Å². The van der Waals surface area contributed by atoms with Gasteiger partial charge in [0.25, 0.3) is 0 Å². The van der Waals surface area contributed by atoms with Crippen molar-refractivity contribution in [3.8, 4) is 0 Å². The van der Waals surface area contributed by atoms with Gasteiger partial charge in [-0.25, -0.2) is 0 Å². The van der Waals surface area contributed by atoms with E-state index in [1.165, 1.54) is 13.7 Å². The van der Waals surface area contributed by atoms with Crippen LogP contribution >= 0.6 is 11.3 Å². The molecular weight excluding hydrogens is 209 g/mol. The van der Waals surface area contributed by atoms with Gasteiger partial charge in [0.05, 0.1) is 0 Å². The van der Waals surface area contributed by atoms with Crippen molar-refractivity contribution in [2.24, 2.45) is 0 Å². The van der Waals surface area contributed by atoms with E-state index in [4.69, 9.17) is 0 Å². The van der Waals surface area contributed by atoms with Crippen molar-refractivity contribution >= 4 is 37.1 Å². The molecule has 1 aromatic carbocycles. The predicted molar refractivity (Wildman–Crippen MR) is 46.6 cm³/mol. The van der Waals surface area contributed by atoms with Crippen LogP contribution in [0.3, 0.4) is 0 Å². The number of H-pyrrole nitrogens is 1. The molecule has 1 N–H and O–H groups in total. The first kappa shape index (κ1) is 6.35. The fraction of sp³-hybridized carbons (Fsp3) is 0. The van der Waals surface area contributed by atoms with Crippen LogP contribution in [-0.4, -0.2) is 20.6 Å². The van der Waals surface area contributed by atoms with Crippen LogP contribution in [0, 0.1) is 3.51 Å². The van der Waals surface area contributed by atoms with E-state index in [0.29, 0.717) is 0 Å². The minimum atomic E-state index is 1.20. The van der Waals surface area contributed by atoms with Gasteiger partial charge in [-0.1, -0.05) is 0 Å². The van der Waals surface area contributed by atoms with Gasteiger partial charge in [0.2, 0.25) is 0 Å². The number of hydrogen-bond donors (Lipinski definition) is 1. The van der Waals surface area contributed by atoms with Gasteiger partial charge >= 0.3 is 69.9 Å². The molecule has 3 heteroatoms. The second-order valence-electron chi connectivity index (χ2n) is 2.03.